The molecule has 1 fully saturated rings. The third kappa shape index (κ3) is 3.27. The van der Waals surface area contributed by atoms with Crippen molar-refractivity contribution >= 4 is 5.52 Å². The molecule has 3 aromatic heterocycles. The molecule has 0 amide bonds. The molecule has 1 saturated carbocycles. The van der Waals surface area contributed by atoms with Crippen LogP contribution in [0.4, 0.5) is 0 Å². The summed E-state index contributed by atoms with van der Waals surface area (Å²) in [7, 11) is 1.83. The van der Waals surface area contributed by atoms with Crippen molar-refractivity contribution in [3.63, 3.8) is 0 Å². The summed E-state index contributed by atoms with van der Waals surface area (Å²) < 4.78 is 3.24. The van der Waals surface area contributed by atoms with Crippen molar-refractivity contribution in [1.29, 1.82) is 0 Å². The van der Waals surface area contributed by atoms with E-state index < -0.39 is 0 Å². The van der Waals surface area contributed by atoms with Gasteiger partial charge in [0.25, 0.3) is 5.56 Å². The minimum Gasteiger partial charge on any atom is -0.319 e. The summed E-state index contributed by atoms with van der Waals surface area (Å²) >= 11 is 0. The van der Waals surface area contributed by atoms with E-state index in [2.05, 4.69) is 15.2 Å². The lowest BCUT2D eigenvalue weighted by Gasteiger charge is -2.05. The van der Waals surface area contributed by atoms with E-state index in [1.807, 2.05) is 13.2 Å². The normalized spacial score (nSPS) is 14.6. The van der Waals surface area contributed by atoms with Crippen molar-refractivity contribution in [1.82, 2.24) is 24.4 Å². The fourth-order valence-electron chi connectivity index (χ4n) is 2.71. The minimum atomic E-state index is -0.154. The van der Waals surface area contributed by atoms with Crippen molar-refractivity contribution in [2.75, 3.05) is 0 Å². The lowest BCUT2D eigenvalue weighted by Crippen LogP contribution is -2.10. The van der Waals surface area contributed by atoms with Crippen LogP contribution in [0.5, 0.6) is 0 Å². The van der Waals surface area contributed by atoms with E-state index in [0.29, 0.717) is 11.2 Å². The Balaban J connectivity index is 0.000000202. The molecule has 0 radical (unpaired) electrons. The fourth-order valence-corrected chi connectivity index (χ4v) is 2.71. The van der Waals surface area contributed by atoms with Crippen LogP contribution in [0.25, 0.3) is 16.8 Å². The third-order valence-corrected chi connectivity index (χ3v) is 3.92. The quantitative estimate of drug-likeness (QED) is 0.751. The molecule has 4 rings (SSSR count). The molecule has 0 atom stereocenters. The van der Waals surface area contributed by atoms with Crippen LogP contribution >= 0.6 is 0 Å². The molecule has 1 aliphatic rings. The van der Waals surface area contributed by atoms with Gasteiger partial charge < -0.3 is 4.98 Å². The monoisotopic (exact) mass is 299 g/mol. The van der Waals surface area contributed by atoms with E-state index in [-0.39, 0.29) is 5.56 Å². The number of nitrogens with one attached hydrogen (secondary N) is 1. The van der Waals surface area contributed by atoms with Gasteiger partial charge in [-0.25, -0.2) is 4.52 Å². The summed E-state index contributed by atoms with van der Waals surface area (Å²) in [6.45, 7) is 0. The van der Waals surface area contributed by atoms with Gasteiger partial charge in [0.1, 0.15) is 5.52 Å². The lowest BCUT2D eigenvalue weighted by atomic mass is 10.0. The van der Waals surface area contributed by atoms with Crippen LogP contribution in [-0.2, 0) is 7.05 Å². The van der Waals surface area contributed by atoms with Gasteiger partial charge in [0.2, 0.25) is 0 Å². The number of aryl methyl sites for hydroxylation is 1. The van der Waals surface area contributed by atoms with Gasteiger partial charge >= 0.3 is 0 Å². The SMILES string of the molecule is C1CCCCC1.Cn1cc(-c2cn3nccc3c(=O)[nH]2)cn1. The second-order valence-electron chi connectivity index (χ2n) is 5.68. The highest BCUT2D eigenvalue weighted by atomic mass is 16.1. The van der Waals surface area contributed by atoms with Gasteiger partial charge in [-0.05, 0) is 6.07 Å². The second-order valence-corrected chi connectivity index (χ2v) is 5.68. The topological polar surface area (TPSA) is 68.0 Å². The lowest BCUT2D eigenvalue weighted by molar-refractivity contribution is 0.504. The van der Waals surface area contributed by atoms with Crippen molar-refractivity contribution in [3.8, 4) is 11.3 Å². The molecule has 6 nitrogen and oxygen atoms in total. The highest BCUT2D eigenvalue weighted by Crippen LogP contribution is 2.15. The molecule has 3 aromatic rings. The molecule has 3 heterocycles. The van der Waals surface area contributed by atoms with Crippen molar-refractivity contribution in [2.45, 2.75) is 38.5 Å². The third-order valence-electron chi connectivity index (χ3n) is 3.92. The number of hydrogen-bond acceptors (Lipinski definition) is 3. The predicted octanol–water partition coefficient (Wildman–Crippen LogP) is 2.76. The maximum Gasteiger partial charge on any atom is 0.274 e. The summed E-state index contributed by atoms with van der Waals surface area (Å²) in [6, 6.07) is 1.67. The summed E-state index contributed by atoms with van der Waals surface area (Å²) in [4.78, 5) is 14.5. The molecule has 0 bridgehead atoms. The molecule has 6 heteroatoms. The van der Waals surface area contributed by atoms with E-state index in [0.717, 1.165) is 5.56 Å². The van der Waals surface area contributed by atoms with E-state index in [9.17, 15) is 4.79 Å². The van der Waals surface area contributed by atoms with Crippen LogP contribution in [-0.4, -0.2) is 24.4 Å². The maximum absolute atomic E-state index is 11.7. The molecule has 1 aliphatic carbocycles. The van der Waals surface area contributed by atoms with Crippen molar-refractivity contribution < 1.29 is 0 Å². The van der Waals surface area contributed by atoms with Gasteiger partial charge in [0.05, 0.1) is 24.3 Å². The Morgan fingerprint density at radius 3 is 2.32 bits per heavy atom. The van der Waals surface area contributed by atoms with Gasteiger partial charge in [-0.1, -0.05) is 38.5 Å². The van der Waals surface area contributed by atoms with Crippen LogP contribution < -0.4 is 5.56 Å². The summed E-state index contributed by atoms with van der Waals surface area (Å²) in [5, 5.41) is 8.10. The molecule has 1 N–H and O–H groups in total. The minimum absolute atomic E-state index is 0.154. The van der Waals surface area contributed by atoms with Gasteiger partial charge in [-0.3, -0.25) is 9.48 Å². The number of nitrogens with zero attached hydrogens (tertiary/aromatic N) is 4. The van der Waals surface area contributed by atoms with Gasteiger partial charge in [-0.2, -0.15) is 10.2 Å². The molecule has 0 unspecified atom stereocenters. The average Bonchev–Trinajstić information content (AvgIpc) is 3.18. The Kier molecular flexibility index (Phi) is 4.37. The molecule has 0 saturated heterocycles. The number of aromatic nitrogens is 5. The van der Waals surface area contributed by atoms with Crippen LogP contribution in [0.3, 0.4) is 0 Å². The standard InChI is InChI=1S/C10H9N5O.C6H12/c1-14-5-7(4-12-14)8-6-15-9(2-3-11-15)10(16)13-8;1-2-4-6-5-3-1/h2-6H,1H3,(H,13,16);1-6H2. The second kappa shape index (κ2) is 6.60. The van der Waals surface area contributed by atoms with E-state index in [1.165, 1.54) is 38.5 Å². The zero-order valence-electron chi connectivity index (χ0n) is 12.8. The predicted molar refractivity (Wildman–Crippen MR) is 85.7 cm³/mol. The Morgan fingerprint density at radius 1 is 1.05 bits per heavy atom. The van der Waals surface area contributed by atoms with Crippen molar-refractivity contribution in [3.05, 3.63) is 41.2 Å². The van der Waals surface area contributed by atoms with E-state index in [1.54, 1.807) is 33.9 Å². The molecule has 0 aromatic carbocycles. The number of aromatic amines is 1. The fraction of sp³-hybridized carbons (Fsp3) is 0.438. The Bertz CT molecular complexity index is 783. The Morgan fingerprint density at radius 2 is 1.73 bits per heavy atom. The first-order valence-electron chi connectivity index (χ1n) is 7.80. The molecule has 0 spiro atoms. The first-order chi connectivity index (χ1) is 10.7. The zero-order valence-corrected chi connectivity index (χ0v) is 12.8. The van der Waals surface area contributed by atoms with E-state index in [4.69, 9.17) is 0 Å². The van der Waals surface area contributed by atoms with Gasteiger partial charge in [-0.15, -0.1) is 0 Å². The Hall–Kier alpha value is -2.37. The number of H-pyrrole nitrogens is 1. The first kappa shape index (κ1) is 14.6. The highest BCUT2D eigenvalue weighted by Gasteiger charge is 2.05. The largest absolute Gasteiger partial charge is 0.319 e. The van der Waals surface area contributed by atoms with Crippen molar-refractivity contribution in [2.24, 2.45) is 7.05 Å². The van der Waals surface area contributed by atoms with Gasteiger partial charge in [0.15, 0.2) is 0 Å². The summed E-state index contributed by atoms with van der Waals surface area (Å²) in [5.74, 6) is 0. The number of fused-ring (bicyclic) bond motifs is 1. The Labute approximate surface area is 128 Å². The number of hydrogen-bond donors (Lipinski definition) is 1. The highest BCUT2D eigenvalue weighted by molar-refractivity contribution is 5.58. The molecule has 0 aliphatic heterocycles. The number of rotatable bonds is 1. The van der Waals surface area contributed by atoms with Crippen LogP contribution in [0.15, 0.2) is 35.6 Å². The smallest absolute Gasteiger partial charge is 0.274 e. The molecule has 116 valence electrons. The van der Waals surface area contributed by atoms with Gasteiger partial charge in [0, 0.05) is 18.8 Å². The van der Waals surface area contributed by atoms with Crippen LogP contribution in [0.1, 0.15) is 38.5 Å². The molecule has 22 heavy (non-hydrogen) atoms. The van der Waals surface area contributed by atoms with E-state index >= 15 is 0 Å². The average molecular weight is 299 g/mol. The first-order valence-corrected chi connectivity index (χ1v) is 7.80. The zero-order chi connectivity index (χ0) is 15.4. The maximum atomic E-state index is 11.7. The summed E-state index contributed by atoms with van der Waals surface area (Å²) in [5.41, 5.74) is 1.94. The van der Waals surface area contributed by atoms with Crippen LogP contribution in [0.2, 0.25) is 0 Å². The summed E-state index contributed by atoms with van der Waals surface area (Å²) in [6.07, 6.45) is 15.9. The molecular formula is C16H21N5O. The van der Waals surface area contributed by atoms with Crippen LogP contribution in [0, 0.1) is 0 Å². The molecular weight excluding hydrogens is 278 g/mol.